The van der Waals surface area contributed by atoms with Crippen LogP contribution in [-0.4, -0.2) is 62.3 Å². The van der Waals surface area contributed by atoms with Crippen LogP contribution < -0.4 is 14.8 Å². The number of carbonyl (C=O) groups is 1. The third kappa shape index (κ3) is 3.54. The van der Waals surface area contributed by atoms with Crippen LogP contribution in [0.4, 0.5) is 4.79 Å². The van der Waals surface area contributed by atoms with E-state index in [2.05, 4.69) is 17.3 Å². The maximum absolute atomic E-state index is 12.5. The van der Waals surface area contributed by atoms with E-state index in [9.17, 15) is 4.79 Å². The number of benzene rings is 1. The Bertz CT molecular complexity index is 651. The van der Waals surface area contributed by atoms with E-state index in [1.165, 1.54) is 6.42 Å². The monoisotopic (exact) mass is 345 g/mol. The number of amides is 2. The van der Waals surface area contributed by atoms with Crippen LogP contribution in [0.15, 0.2) is 18.2 Å². The number of likely N-dealkylation sites (tertiary alicyclic amines) is 2. The molecule has 1 aromatic carbocycles. The van der Waals surface area contributed by atoms with Gasteiger partial charge in [0, 0.05) is 38.0 Å². The van der Waals surface area contributed by atoms with Gasteiger partial charge in [0.2, 0.25) is 0 Å². The molecule has 0 bridgehead atoms. The molecular weight excluding hydrogens is 318 g/mol. The molecule has 1 unspecified atom stereocenters. The van der Waals surface area contributed by atoms with Crippen molar-refractivity contribution in [3.8, 4) is 11.5 Å². The normalized spacial score (nSPS) is 26.0. The highest BCUT2D eigenvalue weighted by atomic mass is 16.5. The van der Waals surface area contributed by atoms with Crippen molar-refractivity contribution >= 4 is 6.03 Å². The molecular formula is C19H27N3O3. The maximum Gasteiger partial charge on any atom is 0.317 e. The molecule has 1 spiro atoms. The molecule has 1 atom stereocenters. The van der Waals surface area contributed by atoms with Crippen molar-refractivity contribution in [3.05, 3.63) is 23.8 Å². The van der Waals surface area contributed by atoms with E-state index in [4.69, 9.17) is 9.47 Å². The summed E-state index contributed by atoms with van der Waals surface area (Å²) < 4.78 is 11.4. The van der Waals surface area contributed by atoms with Crippen LogP contribution >= 0.6 is 0 Å². The second-order valence-electron chi connectivity index (χ2n) is 7.65. The average Bonchev–Trinajstić information content (AvgIpc) is 3.11. The average molecular weight is 345 g/mol. The Balaban J connectivity index is 1.33. The summed E-state index contributed by atoms with van der Waals surface area (Å²) in [6.45, 7) is 5.87. The fourth-order valence-electron chi connectivity index (χ4n) is 4.21. The Morgan fingerprint density at radius 3 is 2.76 bits per heavy atom. The molecule has 2 fully saturated rings. The molecule has 4 rings (SSSR count). The lowest BCUT2D eigenvalue weighted by Gasteiger charge is -2.24. The van der Waals surface area contributed by atoms with Gasteiger partial charge in [0.1, 0.15) is 0 Å². The van der Waals surface area contributed by atoms with Gasteiger partial charge in [-0.25, -0.2) is 4.79 Å². The number of hydrogen-bond donors (Lipinski definition) is 1. The summed E-state index contributed by atoms with van der Waals surface area (Å²) in [5, 5.41) is 3.06. The molecule has 2 saturated heterocycles. The molecule has 1 aromatic rings. The highest BCUT2D eigenvalue weighted by molar-refractivity contribution is 5.74. The zero-order valence-corrected chi connectivity index (χ0v) is 14.9. The molecule has 6 nitrogen and oxygen atoms in total. The van der Waals surface area contributed by atoms with Crippen LogP contribution in [-0.2, 0) is 6.54 Å². The minimum atomic E-state index is 0.0403. The van der Waals surface area contributed by atoms with E-state index < -0.39 is 0 Å². The van der Waals surface area contributed by atoms with E-state index in [0.717, 1.165) is 56.1 Å². The molecule has 3 heterocycles. The third-order valence-electron chi connectivity index (χ3n) is 5.61. The zero-order valence-electron chi connectivity index (χ0n) is 14.9. The number of nitrogens with zero attached hydrogens (tertiary/aromatic N) is 2. The minimum Gasteiger partial charge on any atom is -0.490 e. The predicted octanol–water partition coefficient (Wildman–Crippen LogP) is 2.09. The fourth-order valence-corrected chi connectivity index (χ4v) is 4.21. The van der Waals surface area contributed by atoms with Crippen molar-refractivity contribution in [3.63, 3.8) is 0 Å². The van der Waals surface area contributed by atoms with E-state index >= 15 is 0 Å². The quantitative estimate of drug-likeness (QED) is 0.892. The maximum atomic E-state index is 12.5. The van der Waals surface area contributed by atoms with Gasteiger partial charge in [-0.3, -0.25) is 0 Å². The Kier molecular flexibility index (Phi) is 4.46. The van der Waals surface area contributed by atoms with Crippen molar-refractivity contribution in [2.75, 3.05) is 46.4 Å². The van der Waals surface area contributed by atoms with Crippen LogP contribution in [0.5, 0.6) is 11.5 Å². The van der Waals surface area contributed by atoms with E-state index in [1.807, 2.05) is 23.1 Å². The molecule has 3 aliphatic heterocycles. The first kappa shape index (κ1) is 16.5. The highest BCUT2D eigenvalue weighted by Gasteiger charge is 2.43. The van der Waals surface area contributed by atoms with Crippen LogP contribution in [0.25, 0.3) is 0 Å². The Morgan fingerprint density at radius 2 is 1.96 bits per heavy atom. The first-order valence-corrected chi connectivity index (χ1v) is 9.23. The molecule has 1 N–H and O–H groups in total. The van der Waals surface area contributed by atoms with Crippen molar-refractivity contribution in [1.29, 1.82) is 0 Å². The molecule has 6 heteroatoms. The minimum absolute atomic E-state index is 0.0403. The largest absolute Gasteiger partial charge is 0.490 e. The molecule has 25 heavy (non-hydrogen) atoms. The molecule has 0 saturated carbocycles. The van der Waals surface area contributed by atoms with Gasteiger partial charge in [0.05, 0.1) is 13.2 Å². The summed E-state index contributed by atoms with van der Waals surface area (Å²) in [6.07, 6.45) is 3.22. The number of urea groups is 1. The zero-order chi connectivity index (χ0) is 17.3. The predicted molar refractivity (Wildman–Crippen MR) is 95.0 cm³/mol. The molecule has 2 amide bonds. The van der Waals surface area contributed by atoms with Gasteiger partial charge in [-0.2, -0.15) is 0 Å². The topological polar surface area (TPSA) is 54.0 Å². The molecule has 0 aromatic heterocycles. The van der Waals surface area contributed by atoms with Gasteiger partial charge in [-0.1, -0.05) is 6.07 Å². The third-order valence-corrected chi connectivity index (χ3v) is 5.61. The Hall–Kier alpha value is -1.95. The summed E-state index contributed by atoms with van der Waals surface area (Å²) in [7, 11) is 2.17. The van der Waals surface area contributed by atoms with Gasteiger partial charge in [-0.15, -0.1) is 0 Å². The van der Waals surface area contributed by atoms with E-state index in [0.29, 0.717) is 25.2 Å². The smallest absolute Gasteiger partial charge is 0.317 e. The summed E-state index contributed by atoms with van der Waals surface area (Å²) in [6, 6.07) is 5.93. The van der Waals surface area contributed by atoms with Gasteiger partial charge in [0.15, 0.2) is 11.5 Å². The first-order chi connectivity index (χ1) is 12.1. The standard InChI is InChI=1S/C19H27N3O3/c1-21-7-5-19(13-21)6-8-22(14-19)18(23)20-12-15-3-4-16-17(11-15)25-10-2-9-24-16/h3-4,11H,2,5-10,12-14H2,1H3,(H,20,23). The van der Waals surface area contributed by atoms with E-state index in [1.54, 1.807) is 0 Å². The van der Waals surface area contributed by atoms with Gasteiger partial charge >= 0.3 is 6.03 Å². The van der Waals surface area contributed by atoms with Gasteiger partial charge in [0.25, 0.3) is 0 Å². The van der Waals surface area contributed by atoms with Crippen molar-refractivity contribution in [2.45, 2.75) is 25.8 Å². The van der Waals surface area contributed by atoms with Crippen molar-refractivity contribution < 1.29 is 14.3 Å². The second-order valence-corrected chi connectivity index (χ2v) is 7.65. The molecule has 0 radical (unpaired) electrons. The van der Waals surface area contributed by atoms with E-state index in [-0.39, 0.29) is 6.03 Å². The van der Waals surface area contributed by atoms with Crippen LogP contribution in [0.1, 0.15) is 24.8 Å². The lowest BCUT2D eigenvalue weighted by molar-refractivity contribution is 0.199. The SMILES string of the molecule is CN1CCC2(CCN(C(=O)NCc3ccc4c(c3)OCCCO4)C2)C1. The number of rotatable bonds is 2. The second kappa shape index (κ2) is 6.75. The number of ether oxygens (including phenoxy) is 2. The lowest BCUT2D eigenvalue weighted by atomic mass is 9.86. The summed E-state index contributed by atoms with van der Waals surface area (Å²) in [5.74, 6) is 1.57. The summed E-state index contributed by atoms with van der Waals surface area (Å²) in [5.41, 5.74) is 1.36. The van der Waals surface area contributed by atoms with Crippen molar-refractivity contribution in [2.24, 2.45) is 5.41 Å². The van der Waals surface area contributed by atoms with Crippen LogP contribution in [0, 0.1) is 5.41 Å². The van der Waals surface area contributed by atoms with Crippen LogP contribution in [0.2, 0.25) is 0 Å². The summed E-state index contributed by atoms with van der Waals surface area (Å²) >= 11 is 0. The van der Waals surface area contributed by atoms with Gasteiger partial charge < -0.3 is 24.6 Å². The number of carbonyl (C=O) groups excluding carboxylic acids is 1. The molecule has 0 aliphatic carbocycles. The number of hydrogen-bond acceptors (Lipinski definition) is 4. The lowest BCUT2D eigenvalue weighted by Crippen LogP contribution is -2.40. The number of fused-ring (bicyclic) bond motifs is 1. The Labute approximate surface area is 149 Å². The highest BCUT2D eigenvalue weighted by Crippen LogP contribution is 2.38. The first-order valence-electron chi connectivity index (χ1n) is 9.23. The van der Waals surface area contributed by atoms with Crippen LogP contribution in [0.3, 0.4) is 0 Å². The van der Waals surface area contributed by atoms with Crippen molar-refractivity contribution in [1.82, 2.24) is 15.1 Å². The molecule has 3 aliphatic rings. The number of nitrogens with one attached hydrogen (secondary N) is 1. The Morgan fingerprint density at radius 1 is 1.16 bits per heavy atom. The van der Waals surface area contributed by atoms with Gasteiger partial charge in [-0.05, 0) is 44.1 Å². The fraction of sp³-hybridized carbons (Fsp3) is 0.632. The molecule has 136 valence electrons. The summed E-state index contributed by atoms with van der Waals surface area (Å²) in [4.78, 5) is 16.9.